The van der Waals surface area contributed by atoms with E-state index in [0.29, 0.717) is 12.3 Å². The van der Waals surface area contributed by atoms with Crippen LogP contribution in [0.2, 0.25) is 0 Å². The van der Waals surface area contributed by atoms with Crippen LogP contribution in [0.4, 0.5) is 0 Å². The zero-order valence-corrected chi connectivity index (χ0v) is 7.45. The fourth-order valence-electron chi connectivity index (χ4n) is 1.77. The van der Waals surface area contributed by atoms with Crippen molar-refractivity contribution in [1.29, 1.82) is 0 Å². The van der Waals surface area contributed by atoms with Crippen molar-refractivity contribution in [3.63, 3.8) is 0 Å². The molecule has 2 atom stereocenters. The molecule has 1 fully saturated rings. The van der Waals surface area contributed by atoms with Gasteiger partial charge in [-0.2, -0.15) is 0 Å². The molecule has 0 amide bonds. The van der Waals surface area contributed by atoms with Gasteiger partial charge < -0.3 is 9.84 Å². The number of hydrogen-bond donors (Lipinski definition) is 1. The molecule has 1 N–H and O–H groups in total. The Hall–Kier alpha value is -0.570. The van der Waals surface area contributed by atoms with Crippen LogP contribution in [0.3, 0.4) is 0 Å². The average molecular weight is 172 g/mol. The van der Waals surface area contributed by atoms with E-state index in [2.05, 4.69) is 4.74 Å². The average Bonchev–Trinajstić information content (AvgIpc) is 2.04. The molecule has 0 aliphatic heterocycles. The lowest BCUT2D eigenvalue weighted by atomic mass is 9.85. The maximum absolute atomic E-state index is 10.9. The summed E-state index contributed by atoms with van der Waals surface area (Å²) in [6.45, 7) is 0. The van der Waals surface area contributed by atoms with Crippen LogP contribution in [0, 0.1) is 5.92 Å². The van der Waals surface area contributed by atoms with Crippen molar-refractivity contribution in [3.8, 4) is 0 Å². The van der Waals surface area contributed by atoms with Gasteiger partial charge in [0, 0.05) is 6.42 Å². The summed E-state index contributed by atoms with van der Waals surface area (Å²) in [5.74, 6) is 0.176. The van der Waals surface area contributed by atoms with Crippen LogP contribution in [0.15, 0.2) is 0 Å². The minimum atomic E-state index is -0.201. The van der Waals surface area contributed by atoms with Crippen molar-refractivity contribution >= 4 is 5.97 Å². The van der Waals surface area contributed by atoms with Gasteiger partial charge in [0.15, 0.2) is 0 Å². The Labute approximate surface area is 72.7 Å². The Kier molecular flexibility index (Phi) is 3.53. The summed E-state index contributed by atoms with van der Waals surface area (Å²) < 4.78 is 4.57. The highest BCUT2D eigenvalue weighted by Crippen LogP contribution is 2.26. The standard InChI is InChI=1S/C9H16O3/c1-12-9(11)6-7-3-2-4-8(10)5-7/h7-8,10H,2-6H2,1H3/t7-,8-/m0/s1. The van der Waals surface area contributed by atoms with Gasteiger partial charge >= 0.3 is 5.97 Å². The SMILES string of the molecule is COC(=O)C[C@H]1CCC[C@H](O)C1. The predicted octanol–water partition coefficient (Wildman–Crippen LogP) is 1.10. The fraction of sp³-hybridized carbons (Fsp3) is 0.889. The van der Waals surface area contributed by atoms with Crippen molar-refractivity contribution in [2.75, 3.05) is 7.11 Å². The van der Waals surface area contributed by atoms with Crippen LogP contribution in [-0.4, -0.2) is 24.3 Å². The maximum atomic E-state index is 10.9. The Morgan fingerprint density at radius 2 is 2.33 bits per heavy atom. The van der Waals surface area contributed by atoms with Gasteiger partial charge in [-0.05, 0) is 25.2 Å². The topological polar surface area (TPSA) is 46.5 Å². The Balaban J connectivity index is 2.27. The summed E-state index contributed by atoms with van der Waals surface area (Å²) in [5.41, 5.74) is 0. The van der Waals surface area contributed by atoms with Crippen molar-refractivity contribution in [2.24, 2.45) is 5.92 Å². The highest BCUT2D eigenvalue weighted by Gasteiger charge is 2.22. The first-order chi connectivity index (χ1) is 5.72. The van der Waals surface area contributed by atoms with Gasteiger partial charge in [0.2, 0.25) is 0 Å². The van der Waals surface area contributed by atoms with Crippen molar-refractivity contribution < 1.29 is 14.6 Å². The summed E-state index contributed by atoms with van der Waals surface area (Å²) in [7, 11) is 1.40. The first kappa shape index (κ1) is 9.52. The minimum Gasteiger partial charge on any atom is -0.469 e. The smallest absolute Gasteiger partial charge is 0.305 e. The van der Waals surface area contributed by atoms with Crippen LogP contribution in [-0.2, 0) is 9.53 Å². The maximum Gasteiger partial charge on any atom is 0.305 e. The molecular weight excluding hydrogens is 156 g/mol. The molecule has 70 valence electrons. The van der Waals surface area contributed by atoms with Crippen molar-refractivity contribution in [1.82, 2.24) is 0 Å². The first-order valence-electron chi connectivity index (χ1n) is 4.47. The number of aliphatic hydroxyl groups excluding tert-OH is 1. The molecule has 0 unspecified atom stereocenters. The zero-order valence-electron chi connectivity index (χ0n) is 7.45. The molecule has 1 aliphatic carbocycles. The summed E-state index contributed by atoms with van der Waals surface area (Å²) in [6, 6.07) is 0. The summed E-state index contributed by atoms with van der Waals surface area (Å²) in [4.78, 5) is 10.9. The van der Waals surface area contributed by atoms with Crippen LogP contribution in [0.1, 0.15) is 32.1 Å². The predicted molar refractivity (Wildman–Crippen MR) is 44.6 cm³/mol. The summed E-state index contributed by atoms with van der Waals surface area (Å²) >= 11 is 0. The number of carbonyl (C=O) groups excluding carboxylic acids is 1. The molecule has 0 heterocycles. The number of ether oxygens (including phenoxy) is 1. The van der Waals surface area contributed by atoms with Gasteiger partial charge in [-0.1, -0.05) is 6.42 Å². The highest BCUT2D eigenvalue weighted by atomic mass is 16.5. The van der Waals surface area contributed by atoms with Gasteiger partial charge in [0.25, 0.3) is 0 Å². The molecule has 0 radical (unpaired) electrons. The summed E-state index contributed by atoms with van der Waals surface area (Å²) in [5, 5.41) is 9.31. The molecule has 1 rings (SSSR count). The first-order valence-corrected chi connectivity index (χ1v) is 4.47. The van der Waals surface area contributed by atoms with E-state index in [0.717, 1.165) is 25.7 Å². The Bertz CT molecular complexity index is 156. The lowest BCUT2D eigenvalue weighted by Gasteiger charge is -2.24. The van der Waals surface area contributed by atoms with E-state index in [1.807, 2.05) is 0 Å². The molecule has 12 heavy (non-hydrogen) atoms. The number of carbonyl (C=O) groups is 1. The van der Waals surface area contributed by atoms with Crippen molar-refractivity contribution in [2.45, 2.75) is 38.2 Å². The van der Waals surface area contributed by atoms with E-state index in [9.17, 15) is 9.90 Å². The molecule has 0 spiro atoms. The molecule has 0 aromatic carbocycles. The quantitative estimate of drug-likeness (QED) is 0.634. The van der Waals surface area contributed by atoms with Crippen LogP contribution in [0.25, 0.3) is 0 Å². The van der Waals surface area contributed by atoms with E-state index in [-0.39, 0.29) is 12.1 Å². The fourth-order valence-corrected chi connectivity index (χ4v) is 1.77. The summed E-state index contributed by atoms with van der Waals surface area (Å²) in [6.07, 6.45) is 3.99. The molecule has 3 heteroatoms. The monoisotopic (exact) mass is 172 g/mol. The number of methoxy groups -OCH3 is 1. The second kappa shape index (κ2) is 4.45. The van der Waals surface area contributed by atoms with Gasteiger partial charge in [-0.3, -0.25) is 4.79 Å². The highest BCUT2D eigenvalue weighted by molar-refractivity contribution is 5.69. The Morgan fingerprint density at radius 3 is 2.92 bits per heavy atom. The lowest BCUT2D eigenvalue weighted by molar-refractivity contribution is -0.142. The van der Waals surface area contributed by atoms with E-state index in [1.165, 1.54) is 7.11 Å². The molecule has 1 aliphatic rings. The van der Waals surface area contributed by atoms with Crippen LogP contribution >= 0.6 is 0 Å². The van der Waals surface area contributed by atoms with Crippen molar-refractivity contribution in [3.05, 3.63) is 0 Å². The van der Waals surface area contributed by atoms with Gasteiger partial charge in [0.1, 0.15) is 0 Å². The minimum absolute atomic E-state index is 0.158. The van der Waals surface area contributed by atoms with Crippen LogP contribution in [0.5, 0.6) is 0 Å². The molecule has 0 saturated heterocycles. The molecule has 0 aromatic heterocycles. The molecular formula is C9H16O3. The zero-order chi connectivity index (χ0) is 8.97. The second-order valence-electron chi connectivity index (χ2n) is 3.47. The second-order valence-corrected chi connectivity index (χ2v) is 3.47. The van der Waals surface area contributed by atoms with Gasteiger partial charge in [0.05, 0.1) is 13.2 Å². The third-order valence-electron chi connectivity index (χ3n) is 2.44. The number of esters is 1. The van der Waals surface area contributed by atoms with E-state index in [1.54, 1.807) is 0 Å². The van der Waals surface area contributed by atoms with Crippen LogP contribution < -0.4 is 0 Å². The third-order valence-corrected chi connectivity index (χ3v) is 2.44. The Morgan fingerprint density at radius 1 is 1.58 bits per heavy atom. The van der Waals surface area contributed by atoms with E-state index < -0.39 is 0 Å². The van der Waals surface area contributed by atoms with Gasteiger partial charge in [-0.25, -0.2) is 0 Å². The molecule has 3 nitrogen and oxygen atoms in total. The molecule has 0 bridgehead atoms. The number of aliphatic hydroxyl groups is 1. The van der Waals surface area contributed by atoms with E-state index >= 15 is 0 Å². The number of rotatable bonds is 2. The van der Waals surface area contributed by atoms with E-state index in [4.69, 9.17) is 0 Å². The molecule has 1 saturated carbocycles. The molecule has 0 aromatic rings. The van der Waals surface area contributed by atoms with Gasteiger partial charge in [-0.15, -0.1) is 0 Å². The third kappa shape index (κ3) is 2.81. The largest absolute Gasteiger partial charge is 0.469 e. The number of hydrogen-bond acceptors (Lipinski definition) is 3. The lowest BCUT2D eigenvalue weighted by Crippen LogP contribution is -2.22. The normalized spacial score (nSPS) is 29.8.